The number of amides is 3. The Morgan fingerprint density at radius 3 is 2.93 bits per heavy atom. The number of benzene rings is 1. The molecule has 2 aliphatic heterocycles. The van der Waals surface area contributed by atoms with Gasteiger partial charge in [0.2, 0.25) is 11.8 Å². The summed E-state index contributed by atoms with van der Waals surface area (Å²) in [5, 5.41) is 19.3. The summed E-state index contributed by atoms with van der Waals surface area (Å²) < 4.78 is 1.63. The van der Waals surface area contributed by atoms with Gasteiger partial charge in [-0.3, -0.25) is 19.7 Å². The highest BCUT2D eigenvalue weighted by Gasteiger charge is 2.40. The minimum Gasteiger partial charge on any atom is -0.322 e. The average molecular weight is 378 g/mol. The van der Waals surface area contributed by atoms with E-state index in [0.29, 0.717) is 31.2 Å². The highest BCUT2D eigenvalue weighted by Crippen LogP contribution is 2.31. The minimum atomic E-state index is -0.650. The van der Waals surface area contributed by atoms with Gasteiger partial charge in [0.1, 0.15) is 6.04 Å². The summed E-state index contributed by atoms with van der Waals surface area (Å²) in [5.74, 6) is -0.960. The summed E-state index contributed by atoms with van der Waals surface area (Å²) >= 11 is 0. The van der Waals surface area contributed by atoms with Crippen LogP contribution in [-0.4, -0.2) is 43.7 Å². The summed E-state index contributed by atoms with van der Waals surface area (Å²) in [7, 11) is 0. The van der Waals surface area contributed by atoms with Crippen molar-refractivity contribution in [1.82, 2.24) is 25.2 Å². The van der Waals surface area contributed by atoms with Gasteiger partial charge in [-0.15, -0.1) is 5.10 Å². The van der Waals surface area contributed by atoms with Gasteiger partial charge in [-0.05, 0) is 31.4 Å². The molecule has 1 N–H and O–H groups in total. The van der Waals surface area contributed by atoms with Crippen molar-refractivity contribution in [2.45, 2.75) is 44.7 Å². The molecule has 1 unspecified atom stereocenters. The second-order valence-corrected chi connectivity index (χ2v) is 6.87. The Bertz CT molecular complexity index is 1010. The van der Waals surface area contributed by atoms with E-state index in [1.54, 1.807) is 23.0 Å². The second-order valence-electron chi connectivity index (χ2n) is 6.87. The molecular formula is C19H18N6O3. The zero-order chi connectivity index (χ0) is 19.7. The molecule has 0 saturated carbocycles. The number of unbranched alkanes of at least 4 members (excludes halogenated alkanes) is 1. The van der Waals surface area contributed by atoms with Gasteiger partial charge in [0.25, 0.3) is 5.91 Å². The number of hydrogen-bond acceptors (Lipinski definition) is 6. The Balaban J connectivity index is 1.59. The van der Waals surface area contributed by atoms with Crippen molar-refractivity contribution in [1.29, 1.82) is 5.26 Å². The Kier molecular flexibility index (Phi) is 4.61. The molecule has 0 radical (unpaired) electrons. The van der Waals surface area contributed by atoms with Crippen LogP contribution in [-0.2, 0) is 22.6 Å². The molecule has 3 amide bonds. The van der Waals surface area contributed by atoms with E-state index in [4.69, 9.17) is 5.26 Å². The number of carbonyl (C=O) groups excluding carboxylic acids is 3. The molecule has 0 spiro atoms. The lowest BCUT2D eigenvalue weighted by molar-refractivity contribution is -0.136. The first kappa shape index (κ1) is 17.9. The van der Waals surface area contributed by atoms with Crippen LogP contribution in [0, 0.1) is 11.3 Å². The van der Waals surface area contributed by atoms with Gasteiger partial charge in [0, 0.05) is 30.5 Å². The molecule has 28 heavy (non-hydrogen) atoms. The molecule has 1 aromatic heterocycles. The number of aryl methyl sites for hydroxylation is 1. The number of piperidine rings is 1. The third-order valence-corrected chi connectivity index (χ3v) is 5.07. The molecule has 3 heterocycles. The molecule has 9 heteroatoms. The summed E-state index contributed by atoms with van der Waals surface area (Å²) in [4.78, 5) is 38.0. The monoisotopic (exact) mass is 378 g/mol. The number of rotatable bonds is 5. The lowest BCUT2D eigenvalue weighted by Crippen LogP contribution is -2.52. The first-order chi connectivity index (χ1) is 13.6. The molecule has 2 aliphatic rings. The topological polar surface area (TPSA) is 121 Å². The van der Waals surface area contributed by atoms with Crippen molar-refractivity contribution in [3.05, 3.63) is 41.2 Å². The normalized spacial score (nSPS) is 18.8. The molecule has 9 nitrogen and oxygen atoms in total. The van der Waals surface area contributed by atoms with Crippen LogP contribution in [0.25, 0.3) is 5.69 Å². The van der Waals surface area contributed by atoms with E-state index in [2.05, 4.69) is 21.7 Å². The number of aromatic nitrogens is 3. The van der Waals surface area contributed by atoms with Crippen LogP contribution < -0.4 is 5.32 Å². The number of carbonyl (C=O) groups is 3. The standard InChI is InChI=1S/C19H18N6O3/c20-9-2-1-4-12-10-25(23-22-12)15-6-3-5-13-14(15)11-24(19(13)28)16-7-8-17(26)21-18(16)27/h3,5-6,10,16H,1-2,4,7-8,11H2,(H,21,26,27). The van der Waals surface area contributed by atoms with Gasteiger partial charge < -0.3 is 4.90 Å². The summed E-state index contributed by atoms with van der Waals surface area (Å²) in [6.45, 7) is 0.278. The SMILES string of the molecule is N#CCCCc1cn(-c2cccc3c2CN(C2CCC(=O)NC2=O)C3=O)nn1. The molecule has 142 valence electrons. The van der Waals surface area contributed by atoms with E-state index in [-0.39, 0.29) is 24.8 Å². The van der Waals surface area contributed by atoms with Crippen LogP contribution in [0.3, 0.4) is 0 Å². The van der Waals surface area contributed by atoms with E-state index in [0.717, 1.165) is 16.9 Å². The van der Waals surface area contributed by atoms with Crippen molar-refractivity contribution in [3.8, 4) is 11.8 Å². The molecule has 1 aromatic carbocycles. The Labute approximate surface area is 160 Å². The number of nitriles is 1. The molecular weight excluding hydrogens is 360 g/mol. The van der Waals surface area contributed by atoms with Gasteiger partial charge in [-0.2, -0.15) is 5.26 Å². The first-order valence-corrected chi connectivity index (χ1v) is 9.13. The van der Waals surface area contributed by atoms with Crippen LogP contribution in [0.1, 0.15) is 47.3 Å². The number of nitrogens with one attached hydrogen (secondary N) is 1. The molecule has 4 rings (SSSR count). The highest BCUT2D eigenvalue weighted by molar-refractivity contribution is 6.05. The quantitative estimate of drug-likeness (QED) is 0.609. The average Bonchev–Trinajstić information content (AvgIpc) is 3.27. The van der Waals surface area contributed by atoms with Gasteiger partial charge in [-0.1, -0.05) is 11.3 Å². The van der Waals surface area contributed by atoms with Crippen molar-refractivity contribution in [3.63, 3.8) is 0 Å². The number of nitrogens with zero attached hydrogens (tertiary/aromatic N) is 5. The molecule has 0 bridgehead atoms. The summed E-state index contributed by atoms with van der Waals surface area (Å²) in [5.41, 5.74) is 2.83. The smallest absolute Gasteiger partial charge is 0.255 e. The first-order valence-electron chi connectivity index (χ1n) is 9.13. The van der Waals surface area contributed by atoms with E-state index in [9.17, 15) is 14.4 Å². The number of imide groups is 1. The maximum atomic E-state index is 12.9. The Morgan fingerprint density at radius 2 is 2.14 bits per heavy atom. The van der Waals surface area contributed by atoms with Crippen LogP contribution in [0.4, 0.5) is 0 Å². The zero-order valence-corrected chi connectivity index (χ0v) is 15.1. The zero-order valence-electron chi connectivity index (χ0n) is 15.1. The predicted molar refractivity (Wildman–Crippen MR) is 96.0 cm³/mol. The molecule has 1 atom stereocenters. The third kappa shape index (κ3) is 3.13. The highest BCUT2D eigenvalue weighted by atomic mass is 16.2. The van der Waals surface area contributed by atoms with Crippen LogP contribution in [0.15, 0.2) is 24.4 Å². The molecule has 1 fully saturated rings. The van der Waals surface area contributed by atoms with Crippen LogP contribution >= 0.6 is 0 Å². The third-order valence-electron chi connectivity index (χ3n) is 5.07. The molecule has 0 aliphatic carbocycles. The van der Waals surface area contributed by atoms with E-state index in [1.165, 1.54) is 4.90 Å². The predicted octanol–water partition coefficient (Wildman–Crippen LogP) is 0.875. The molecule has 1 saturated heterocycles. The summed E-state index contributed by atoms with van der Waals surface area (Å²) in [6, 6.07) is 6.82. The van der Waals surface area contributed by atoms with Gasteiger partial charge in [0.05, 0.1) is 23.6 Å². The second kappa shape index (κ2) is 7.23. The largest absolute Gasteiger partial charge is 0.322 e. The Hall–Kier alpha value is -3.54. The van der Waals surface area contributed by atoms with E-state index in [1.807, 2.05) is 6.07 Å². The van der Waals surface area contributed by atoms with Gasteiger partial charge in [0.15, 0.2) is 0 Å². The maximum Gasteiger partial charge on any atom is 0.255 e. The van der Waals surface area contributed by atoms with Gasteiger partial charge in [-0.25, -0.2) is 4.68 Å². The van der Waals surface area contributed by atoms with Crippen molar-refractivity contribution in [2.75, 3.05) is 0 Å². The van der Waals surface area contributed by atoms with Crippen molar-refractivity contribution in [2.24, 2.45) is 0 Å². The Morgan fingerprint density at radius 1 is 1.29 bits per heavy atom. The minimum absolute atomic E-state index is 0.221. The molecule has 2 aromatic rings. The van der Waals surface area contributed by atoms with Crippen LogP contribution in [0.5, 0.6) is 0 Å². The van der Waals surface area contributed by atoms with E-state index < -0.39 is 11.9 Å². The van der Waals surface area contributed by atoms with Gasteiger partial charge >= 0.3 is 0 Å². The van der Waals surface area contributed by atoms with Crippen LogP contribution in [0.2, 0.25) is 0 Å². The lowest BCUT2D eigenvalue weighted by atomic mass is 10.0. The van der Waals surface area contributed by atoms with Crippen molar-refractivity contribution >= 4 is 17.7 Å². The summed E-state index contributed by atoms with van der Waals surface area (Å²) in [6.07, 6.45) is 4.17. The lowest BCUT2D eigenvalue weighted by Gasteiger charge is -2.29. The van der Waals surface area contributed by atoms with E-state index >= 15 is 0 Å². The fraction of sp³-hybridized carbons (Fsp3) is 0.368. The number of fused-ring (bicyclic) bond motifs is 1. The fourth-order valence-electron chi connectivity index (χ4n) is 3.66. The fourth-order valence-corrected chi connectivity index (χ4v) is 3.66. The number of hydrogen-bond donors (Lipinski definition) is 1. The maximum absolute atomic E-state index is 12.9. The van der Waals surface area contributed by atoms with Crippen molar-refractivity contribution < 1.29 is 14.4 Å².